The summed E-state index contributed by atoms with van der Waals surface area (Å²) in [4.78, 5) is 2.64. The minimum Gasteiger partial charge on any atom is -0.312 e. The lowest BCUT2D eigenvalue weighted by Gasteiger charge is -2.32. The maximum Gasteiger partial charge on any atom is 0.0473 e. The molecule has 0 bridgehead atoms. The molecule has 1 aromatic carbocycles. The summed E-state index contributed by atoms with van der Waals surface area (Å²) >= 11 is 0. The zero-order valence-corrected chi connectivity index (χ0v) is 11.9. The molecule has 0 amide bonds. The highest BCUT2D eigenvalue weighted by Gasteiger charge is 2.29. The molecule has 1 saturated heterocycles. The summed E-state index contributed by atoms with van der Waals surface area (Å²) in [6.45, 7) is 7.19. The minimum atomic E-state index is 0.432. The normalized spacial score (nSPS) is 24.1. The zero-order valence-electron chi connectivity index (χ0n) is 11.9. The Hall–Kier alpha value is -0.860. The number of rotatable bonds is 5. The fourth-order valence-electron chi connectivity index (χ4n) is 3.12. The van der Waals surface area contributed by atoms with Crippen LogP contribution in [0, 0.1) is 5.92 Å². The van der Waals surface area contributed by atoms with E-state index in [-0.39, 0.29) is 0 Å². The van der Waals surface area contributed by atoms with Gasteiger partial charge < -0.3 is 5.32 Å². The maximum absolute atomic E-state index is 3.49. The van der Waals surface area contributed by atoms with Gasteiger partial charge in [-0.15, -0.1) is 0 Å². The van der Waals surface area contributed by atoms with Crippen molar-refractivity contribution in [2.75, 3.05) is 20.1 Å². The minimum absolute atomic E-state index is 0.432. The number of hydrogen-bond acceptors (Lipinski definition) is 2. The first kappa shape index (κ1) is 13.6. The third-order valence-electron chi connectivity index (χ3n) is 4.42. The lowest BCUT2D eigenvalue weighted by molar-refractivity contribution is 0.204. The zero-order chi connectivity index (χ0) is 13.0. The van der Waals surface area contributed by atoms with Crippen LogP contribution in [0.3, 0.4) is 0 Å². The van der Waals surface area contributed by atoms with Crippen molar-refractivity contribution >= 4 is 0 Å². The first-order valence-corrected chi connectivity index (χ1v) is 7.22. The fourth-order valence-corrected chi connectivity index (χ4v) is 3.12. The van der Waals surface area contributed by atoms with Crippen LogP contribution in [-0.4, -0.2) is 31.1 Å². The van der Waals surface area contributed by atoms with E-state index in [9.17, 15) is 0 Å². The second-order valence-electron chi connectivity index (χ2n) is 5.48. The summed E-state index contributed by atoms with van der Waals surface area (Å²) in [6.07, 6.45) is 2.69. The monoisotopic (exact) mass is 246 g/mol. The van der Waals surface area contributed by atoms with Crippen molar-refractivity contribution in [2.45, 2.75) is 38.8 Å². The highest BCUT2D eigenvalue weighted by atomic mass is 15.2. The van der Waals surface area contributed by atoms with Crippen LogP contribution in [-0.2, 0) is 0 Å². The van der Waals surface area contributed by atoms with Gasteiger partial charge in [0.2, 0.25) is 0 Å². The summed E-state index contributed by atoms with van der Waals surface area (Å²) in [6, 6.07) is 11.8. The van der Waals surface area contributed by atoms with E-state index in [0.29, 0.717) is 12.1 Å². The van der Waals surface area contributed by atoms with E-state index in [2.05, 4.69) is 61.4 Å². The van der Waals surface area contributed by atoms with Crippen molar-refractivity contribution in [3.05, 3.63) is 35.9 Å². The van der Waals surface area contributed by atoms with Crippen LogP contribution in [0.4, 0.5) is 0 Å². The quantitative estimate of drug-likeness (QED) is 0.859. The summed E-state index contributed by atoms with van der Waals surface area (Å²) in [7, 11) is 2.07. The van der Waals surface area contributed by atoms with E-state index in [1.54, 1.807) is 0 Å². The van der Waals surface area contributed by atoms with Crippen LogP contribution in [0.15, 0.2) is 30.3 Å². The SMILES string of the molecule is CCC1CCN(C(C)C(NC)c2ccccc2)C1. The molecule has 0 aromatic heterocycles. The number of nitrogens with zero attached hydrogens (tertiary/aromatic N) is 1. The smallest absolute Gasteiger partial charge is 0.0473 e. The summed E-state index contributed by atoms with van der Waals surface area (Å²) in [5, 5.41) is 3.49. The Labute approximate surface area is 111 Å². The Balaban J connectivity index is 2.04. The summed E-state index contributed by atoms with van der Waals surface area (Å²) in [5.74, 6) is 0.903. The van der Waals surface area contributed by atoms with Crippen molar-refractivity contribution in [3.8, 4) is 0 Å². The molecule has 1 heterocycles. The van der Waals surface area contributed by atoms with Crippen LogP contribution in [0.2, 0.25) is 0 Å². The first-order valence-electron chi connectivity index (χ1n) is 7.22. The molecule has 100 valence electrons. The van der Waals surface area contributed by atoms with E-state index in [0.717, 1.165) is 5.92 Å². The van der Waals surface area contributed by atoms with Crippen molar-refractivity contribution in [3.63, 3.8) is 0 Å². The molecule has 1 aromatic rings. The molecule has 0 radical (unpaired) electrons. The predicted octanol–water partition coefficient (Wildman–Crippen LogP) is 3.07. The second-order valence-corrected chi connectivity index (χ2v) is 5.48. The number of hydrogen-bond donors (Lipinski definition) is 1. The molecule has 3 atom stereocenters. The van der Waals surface area contributed by atoms with Gasteiger partial charge in [-0.25, -0.2) is 0 Å². The van der Waals surface area contributed by atoms with E-state index in [1.807, 2.05) is 0 Å². The molecule has 1 aliphatic rings. The molecule has 1 N–H and O–H groups in total. The molecule has 18 heavy (non-hydrogen) atoms. The van der Waals surface area contributed by atoms with Crippen molar-refractivity contribution in [2.24, 2.45) is 5.92 Å². The van der Waals surface area contributed by atoms with Crippen LogP contribution < -0.4 is 5.32 Å². The largest absolute Gasteiger partial charge is 0.312 e. The topological polar surface area (TPSA) is 15.3 Å². The third-order valence-corrected chi connectivity index (χ3v) is 4.42. The molecule has 2 rings (SSSR count). The molecule has 3 unspecified atom stereocenters. The van der Waals surface area contributed by atoms with E-state index in [1.165, 1.54) is 31.5 Å². The molecule has 2 heteroatoms. The van der Waals surface area contributed by atoms with Gasteiger partial charge in [0.05, 0.1) is 0 Å². The highest BCUT2D eigenvalue weighted by Crippen LogP contribution is 2.27. The van der Waals surface area contributed by atoms with Crippen LogP contribution in [0.5, 0.6) is 0 Å². The molecule has 0 spiro atoms. The van der Waals surface area contributed by atoms with Crippen molar-refractivity contribution in [1.82, 2.24) is 10.2 Å². The summed E-state index contributed by atoms with van der Waals surface area (Å²) in [5.41, 5.74) is 1.40. The van der Waals surface area contributed by atoms with Crippen LogP contribution in [0.1, 0.15) is 38.3 Å². The number of benzene rings is 1. The van der Waals surface area contributed by atoms with Gasteiger partial charge in [-0.3, -0.25) is 4.90 Å². The fraction of sp³-hybridized carbons (Fsp3) is 0.625. The molecule has 0 saturated carbocycles. The van der Waals surface area contributed by atoms with Gasteiger partial charge in [-0.1, -0.05) is 43.7 Å². The lowest BCUT2D eigenvalue weighted by Crippen LogP contribution is -2.40. The molecule has 0 aliphatic carbocycles. The van der Waals surface area contributed by atoms with Gasteiger partial charge in [0, 0.05) is 18.6 Å². The maximum atomic E-state index is 3.49. The van der Waals surface area contributed by atoms with Gasteiger partial charge in [0.15, 0.2) is 0 Å². The van der Waals surface area contributed by atoms with Gasteiger partial charge in [0.1, 0.15) is 0 Å². The Morgan fingerprint density at radius 3 is 2.61 bits per heavy atom. The number of likely N-dealkylation sites (tertiary alicyclic amines) is 1. The first-order chi connectivity index (χ1) is 8.76. The Bertz CT molecular complexity index is 349. The average Bonchev–Trinajstić information content (AvgIpc) is 2.89. The number of nitrogens with one attached hydrogen (secondary N) is 1. The van der Waals surface area contributed by atoms with E-state index in [4.69, 9.17) is 0 Å². The van der Waals surface area contributed by atoms with Crippen LogP contribution in [0.25, 0.3) is 0 Å². The second kappa shape index (κ2) is 6.35. The standard InChI is InChI=1S/C16H26N2/c1-4-14-10-11-18(12-14)13(2)16(17-3)15-8-6-5-7-9-15/h5-9,13-14,16-17H,4,10-12H2,1-3H3. The third kappa shape index (κ3) is 2.93. The van der Waals surface area contributed by atoms with Crippen LogP contribution >= 0.6 is 0 Å². The summed E-state index contributed by atoms with van der Waals surface area (Å²) < 4.78 is 0. The van der Waals surface area contributed by atoms with Gasteiger partial charge in [0.25, 0.3) is 0 Å². The lowest BCUT2D eigenvalue weighted by atomic mass is 9.99. The van der Waals surface area contributed by atoms with E-state index < -0.39 is 0 Å². The Kier molecular flexibility index (Phi) is 4.79. The average molecular weight is 246 g/mol. The van der Waals surface area contributed by atoms with E-state index >= 15 is 0 Å². The van der Waals surface area contributed by atoms with Gasteiger partial charge >= 0.3 is 0 Å². The predicted molar refractivity (Wildman–Crippen MR) is 77.7 cm³/mol. The van der Waals surface area contributed by atoms with Crippen molar-refractivity contribution < 1.29 is 0 Å². The molecule has 1 fully saturated rings. The van der Waals surface area contributed by atoms with Crippen molar-refractivity contribution in [1.29, 1.82) is 0 Å². The molecule has 1 aliphatic heterocycles. The number of likely N-dealkylation sites (N-methyl/N-ethyl adjacent to an activating group) is 1. The molecular formula is C16H26N2. The van der Waals surface area contributed by atoms with Gasteiger partial charge in [-0.05, 0) is 38.4 Å². The Morgan fingerprint density at radius 1 is 1.33 bits per heavy atom. The highest BCUT2D eigenvalue weighted by molar-refractivity contribution is 5.20. The Morgan fingerprint density at radius 2 is 2.06 bits per heavy atom. The molecular weight excluding hydrogens is 220 g/mol. The van der Waals surface area contributed by atoms with Gasteiger partial charge in [-0.2, -0.15) is 0 Å². The molecule has 2 nitrogen and oxygen atoms in total.